The first kappa shape index (κ1) is 17.1. The Morgan fingerprint density at radius 3 is 2.60 bits per heavy atom. The van der Waals surface area contributed by atoms with Crippen LogP contribution in [0.4, 0.5) is 13.2 Å². The fraction of sp³-hybridized carbons (Fsp3) is 0.133. The van der Waals surface area contributed by atoms with Gasteiger partial charge in [-0.3, -0.25) is 0 Å². The highest BCUT2D eigenvalue weighted by atomic mass is 32.2. The van der Waals surface area contributed by atoms with Crippen molar-refractivity contribution in [1.29, 1.82) is 0 Å². The zero-order valence-electron chi connectivity index (χ0n) is 12.7. The average Bonchev–Trinajstić information content (AvgIpc) is 3.08. The first-order valence-electron chi connectivity index (χ1n) is 6.84. The van der Waals surface area contributed by atoms with Gasteiger partial charge in [-0.25, -0.2) is 4.99 Å². The first-order chi connectivity index (χ1) is 11.7. The van der Waals surface area contributed by atoms with Crippen molar-refractivity contribution in [2.24, 2.45) is 4.99 Å². The highest BCUT2D eigenvalue weighted by Crippen LogP contribution is 2.31. The second-order valence-corrected chi connectivity index (χ2v) is 6.52. The maximum atomic E-state index is 12.4. The summed E-state index contributed by atoms with van der Waals surface area (Å²) in [6.45, 7) is 0. The van der Waals surface area contributed by atoms with Gasteiger partial charge in [0.15, 0.2) is 0 Å². The predicted molar refractivity (Wildman–Crippen MR) is 82.6 cm³/mol. The number of ether oxygens (including phenoxy) is 1. The van der Waals surface area contributed by atoms with E-state index < -0.39 is 21.5 Å². The van der Waals surface area contributed by atoms with E-state index in [0.717, 1.165) is 16.6 Å². The van der Waals surface area contributed by atoms with Crippen molar-refractivity contribution >= 4 is 22.3 Å². The number of halogens is 3. The molecule has 2 aromatic rings. The topological polar surface area (TPSA) is 80.8 Å². The van der Waals surface area contributed by atoms with E-state index >= 15 is 0 Å². The summed E-state index contributed by atoms with van der Waals surface area (Å²) < 4.78 is 68.4. The summed E-state index contributed by atoms with van der Waals surface area (Å²) >= 11 is 0. The zero-order chi connectivity index (χ0) is 18.2. The largest absolute Gasteiger partial charge is 0.534 e. The Hall–Kier alpha value is -2.75. The minimum Gasteiger partial charge on any atom is -0.494 e. The van der Waals surface area contributed by atoms with E-state index in [-0.39, 0.29) is 11.4 Å². The third-order valence-corrected chi connectivity index (χ3v) is 4.24. The molecule has 1 aromatic carbocycles. The van der Waals surface area contributed by atoms with E-state index in [1.54, 1.807) is 6.08 Å². The molecule has 0 fully saturated rings. The van der Waals surface area contributed by atoms with Crippen molar-refractivity contribution in [2.45, 2.75) is 5.51 Å². The molecule has 0 unspecified atom stereocenters. The molecule has 132 valence electrons. The number of nitrogens with zero attached hydrogens (tertiary/aromatic N) is 1. The Morgan fingerprint density at radius 2 is 1.96 bits per heavy atom. The summed E-state index contributed by atoms with van der Waals surface area (Å²) in [6, 6.07) is 8.34. The SMILES string of the molecule is COc1cc(OS(=O)(=O)C(F)(F)F)[nH]c1/C=C1\C=c2ccccc2=N1. The Labute approximate surface area is 140 Å². The van der Waals surface area contributed by atoms with E-state index in [9.17, 15) is 21.6 Å². The molecule has 1 aliphatic rings. The molecular weight excluding hydrogens is 361 g/mol. The van der Waals surface area contributed by atoms with Gasteiger partial charge in [-0.1, -0.05) is 18.2 Å². The van der Waals surface area contributed by atoms with E-state index in [0.29, 0.717) is 5.70 Å². The van der Waals surface area contributed by atoms with E-state index in [1.165, 1.54) is 13.2 Å². The molecule has 25 heavy (non-hydrogen) atoms. The summed E-state index contributed by atoms with van der Waals surface area (Å²) in [5.74, 6) is -0.504. The highest BCUT2D eigenvalue weighted by Gasteiger charge is 2.48. The van der Waals surface area contributed by atoms with Crippen LogP contribution in [-0.2, 0) is 10.1 Å². The van der Waals surface area contributed by atoms with Crippen LogP contribution in [-0.4, -0.2) is 26.0 Å². The lowest BCUT2D eigenvalue weighted by molar-refractivity contribution is -0.0501. The van der Waals surface area contributed by atoms with Gasteiger partial charge in [0, 0.05) is 11.3 Å². The normalized spacial score (nSPS) is 15.4. The molecule has 0 spiro atoms. The lowest BCUT2D eigenvalue weighted by Gasteiger charge is -2.07. The van der Waals surface area contributed by atoms with Crippen LogP contribution >= 0.6 is 0 Å². The minimum atomic E-state index is -5.77. The number of benzene rings is 1. The standard InChI is InChI=1S/C15H11F3N2O4S/c1-23-13-8-14(24-25(21,22)15(16,17)18)20-12(13)7-10-6-9-4-2-3-5-11(9)19-10/h2-8,20H,1H3/b10-7+. The number of hydrogen-bond donors (Lipinski definition) is 1. The second-order valence-electron chi connectivity index (χ2n) is 4.98. The predicted octanol–water partition coefficient (Wildman–Crippen LogP) is 1.71. The van der Waals surface area contributed by atoms with Crippen LogP contribution in [0.1, 0.15) is 5.69 Å². The Morgan fingerprint density at radius 1 is 1.24 bits per heavy atom. The molecule has 0 atom stereocenters. The number of aromatic amines is 1. The number of fused-ring (bicyclic) bond motifs is 1. The number of allylic oxidation sites excluding steroid dienone is 1. The Bertz CT molecular complexity index is 1030. The summed E-state index contributed by atoms with van der Waals surface area (Å²) in [6.07, 6.45) is 3.27. The molecule has 1 N–H and O–H groups in total. The quantitative estimate of drug-likeness (QED) is 0.655. The molecule has 0 bridgehead atoms. The molecule has 0 saturated carbocycles. The van der Waals surface area contributed by atoms with Crippen LogP contribution in [0, 0.1) is 0 Å². The fourth-order valence-electron chi connectivity index (χ4n) is 2.18. The molecule has 0 radical (unpaired) electrons. The molecule has 6 nitrogen and oxygen atoms in total. The van der Waals surface area contributed by atoms with E-state index in [2.05, 4.69) is 14.2 Å². The number of alkyl halides is 3. The van der Waals surface area contributed by atoms with Gasteiger partial charge in [0.05, 0.1) is 23.9 Å². The number of rotatable bonds is 4. The molecule has 0 aliphatic carbocycles. The van der Waals surface area contributed by atoms with Crippen molar-refractivity contribution in [3.8, 4) is 11.6 Å². The van der Waals surface area contributed by atoms with Crippen LogP contribution < -0.4 is 19.5 Å². The summed E-state index contributed by atoms with van der Waals surface area (Å²) in [5.41, 5.74) is -4.79. The lowest BCUT2D eigenvalue weighted by Crippen LogP contribution is -2.28. The van der Waals surface area contributed by atoms with Crippen LogP contribution in [0.15, 0.2) is 41.0 Å². The molecule has 2 heterocycles. The van der Waals surface area contributed by atoms with E-state index in [4.69, 9.17) is 4.74 Å². The molecule has 3 rings (SSSR count). The van der Waals surface area contributed by atoms with Gasteiger partial charge in [-0.15, -0.1) is 0 Å². The maximum absolute atomic E-state index is 12.4. The van der Waals surface area contributed by atoms with Gasteiger partial charge in [-0.05, 0) is 18.2 Å². The van der Waals surface area contributed by atoms with Gasteiger partial charge < -0.3 is 13.9 Å². The molecular formula is C15H11F3N2O4S. The summed E-state index contributed by atoms with van der Waals surface area (Å²) in [5, 5.41) is 1.63. The first-order valence-corrected chi connectivity index (χ1v) is 8.25. The van der Waals surface area contributed by atoms with Crippen LogP contribution in [0.5, 0.6) is 11.6 Å². The van der Waals surface area contributed by atoms with Crippen molar-refractivity contribution in [3.05, 3.63) is 52.3 Å². The maximum Gasteiger partial charge on any atom is 0.534 e. The molecule has 1 aliphatic heterocycles. The number of para-hydroxylation sites is 1. The Kier molecular flexibility index (Phi) is 4.07. The minimum absolute atomic E-state index is 0.111. The number of aromatic nitrogens is 1. The average molecular weight is 372 g/mol. The lowest BCUT2D eigenvalue weighted by atomic mass is 10.2. The van der Waals surface area contributed by atoms with Crippen molar-refractivity contribution in [2.75, 3.05) is 7.11 Å². The van der Waals surface area contributed by atoms with Gasteiger partial charge in [0.2, 0.25) is 5.88 Å². The van der Waals surface area contributed by atoms with Gasteiger partial charge in [0.1, 0.15) is 5.75 Å². The number of hydrogen-bond acceptors (Lipinski definition) is 5. The van der Waals surface area contributed by atoms with Crippen LogP contribution in [0.3, 0.4) is 0 Å². The summed E-state index contributed by atoms with van der Waals surface area (Å²) in [7, 11) is -4.48. The molecule has 1 aromatic heterocycles. The number of nitrogens with one attached hydrogen (secondary N) is 1. The van der Waals surface area contributed by atoms with Crippen molar-refractivity contribution in [1.82, 2.24) is 4.98 Å². The number of H-pyrrole nitrogens is 1. The third-order valence-electron chi connectivity index (χ3n) is 3.27. The molecule has 0 saturated heterocycles. The monoisotopic (exact) mass is 372 g/mol. The van der Waals surface area contributed by atoms with Gasteiger partial charge in [-0.2, -0.15) is 21.6 Å². The van der Waals surface area contributed by atoms with Gasteiger partial charge in [0.25, 0.3) is 0 Å². The smallest absolute Gasteiger partial charge is 0.494 e. The third kappa shape index (κ3) is 3.38. The molecule has 10 heteroatoms. The van der Waals surface area contributed by atoms with Crippen LogP contribution in [0.2, 0.25) is 0 Å². The number of methoxy groups -OCH3 is 1. The molecule has 0 amide bonds. The van der Waals surface area contributed by atoms with Crippen molar-refractivity contribution < 1.29 is 30.5 Å². The van der Waals surface area contributed by atoms with Crippen molar-refractivity contribution in [3.63, 3.8) is 0 Å². The Balaban J connectivity index is 1.95. The highest BCUT2D eigenvalue weighted by molar-refractivity contribution is 7.87. The fourth-order valence-corrected chi connectivity index (χ4v) is 2.60. The zero-order valence-corrected chi connectivity index (χ0v) is 13.5. The van der Waals surface area contributed by atoms with E-state index in [1.807, 2.05) is 24.3 Å². The second kappa shape index (κ2) is 5.96. The summed E-state index contributed by atoms with van der Waals surface area (Å²) in [4.78, 5) is 6.77. The van der Waals surface area contributed by atoms with Crippen LogP contribution in [0.25, 0.3) is 12.2 Å². The van der Waals surface area contributed by atoms with Gasteiger partial charge >= 0.3 is 15.6 Å².